The number of benzene rings is 1. The summed E-state index contributed by atoms with van der Waals surface area (Å²) in [6.07, 6.45) is 2.33. The second-order valence-corrected chi connectivity index (χ2v) is 7.08. The third-order valence-corrected chi connectivity index (χ3v) is 4.19. The van der Waals surface area contributed by atoms with Crippen LogP contribution in [0.15, 0.2) is 36.4 Å². The Kier molecular flexibility index (Phi) is 9.06. The van der Waals surface area contributed by atoms with E-state index in [4.69, 9.17) is 0 Å². The summed E-state index contributed by atoms with van der Waals surface area (Å²) < 4.78 is 0. The van der Waals surface area contributed by atoms with Crippen LogP contribution in [0.2, 0.25) is 0 Å². The molecule has 0 spiro atoms. The van der Waals surface area contributed by atoms with E-state index in [1.807, 2.05) is 0 Å². The number of hydroxylamine groups is 6. The number of carbonyl (C=O) groups excluding carboxylic acids is 9. The van der Waals surface area contributed by atoms with Gasteiger partial charge in [0.15, 0.2) is 0 Å². The van der Waals surface area contributed by atoms with E-state index in [0.29, 0.717) is 15.2 Å². The minimum absolute atomic E-state index is 0.131. The van der Waals surface area contributed by atoms with Crippen molar-refractivity contribution in [1.29, 1.82) is 0 Å². The molecule has 0 radical (unpaired) electrons. The van der Waals surface area contributed by atoms with Crippen molar-refractivity contribution in [3.8, 4) is 0 Å². The van der Waals surface area contributed by atoms with Gasteiger partial charge in [-0.3, -0.25) is 28.8 Å². The number of amides is 6. The molecule has 1 fully saturated rings. The fourth-order valence-electron chi connectivity index (χ4n) is 2.77. The molecular weight excluding hydrogens is 498 g/mol. The van der Waals surface area contributed by atoms with Gasteiger partial charge in [0.05, 0.1) is 11.1 Å². The zero-order chi connectivity index (χ0) is 27.9. The van der Waals surface area contributed by atoms with Crippen LogP contribution < -0.4 is 0 Å². The number of nitrogens with zero attached hydrogens (tertiary/aromatic N) is 3. The van der Waals surface area contributed by atoms with Crippen molar-refractivity contribution in [1.82, 2.24) is 15.2 Å². The van der Waals surface area contributed by atoms with Crippen molar-refractivity contribution in [3.63, 3.8) is 0 Å². The molecule has 0 atom stereocenters. The third-order valence-electron chi connectivity index (χ3n) is 4.19. The number of fused-ring (bicyclic) bond motifs is 1. The van der Waals surface area contributed by atoms with Crippen LogP contribution in [0.3, 0.4) is 0 Å². The largest absolute Gasteiger partial charge is 0.331 e. The first-order valence-corrected chi connectivity index (χ1v) is 10.3. The molecule has 0 unspecified atom stereocenters. The summed E-state index contributed by atoms with van der Waals surface area (Å²) >= 11 is 0. The summed E-state index contributed by atoms with van der Waals surface area (Å²) in [6, 6.07) is 6.31. The summed E-state index contributed by atoms with van der Waals surface area (Å²) in [6.45, 7) is 3.38. The van der Waals surface area contributed by atoms with E-state index in [0.717, 1.165) is 32.9 Å². The van der Waals surface area contributed by atoms with Crippen LogP contribution in [-0.4, -0.2) is 68.5 Å². The average Bonchev–Trinajstić information content (AvgIpc) is 3.40. The molecule has 37 heavy (non-hydrogen) atoms. The van der Waals surface area contributed by atoms with Crippen molar-refractivity contribution in [3.05, 3.63) is 47.5 Å². The molecule has 0 aliphatic carbocycles. The smallest absolute Gasteiger partial charge is 0.330 e. The highest BCUT2D eigenvalue weighted by molar-refractivity contribution is 6.20. The second-order valence-electron chi connectivity index (χ2n) is 7.08. The van der Waals surface area contributed by atoms with Crippen LogP contribution in [0.25, 0.3) is 0 Å². The van der Waals surface area contributed by atoms with Gasteiger partial charge >= 0.3 is 17.9 Å². The monoisotopic (exact) mass is 517 g/mol. The Labute approximate surface area is 208 Å². The van der Waals surface area contributed by atoms with Crippen LogP contribution in [0.4, 0.5) is 0 Å². The minimum Gasteiger partial charge on any atom is -0.331 e. The van der Waals surface area contributed by atoms with Gasteiger partial charge in [-0.25, -0.2) is 14.4 Å². The highest BCUT2D eigenvalue weighted by Gasteiger charge is 2.38. The molecule has 1 aromatic rings. The molecule has 194 valence electrons. The zero-order valence-corrected chi connectivity index (χ0v) is 19.6. The Morgan fingerprint density at radius 1 is 0.595 bits per heavy atom. The van der Waals surface area contributed by atoms with Crippen LogP contribution in [0.5, 0.6) is 0 Å². The van der Waals surface area contributed by atoms with E-state index in [2.05, 4.69) is 14.5 Å². The van der Waals surface area contributed by atoms with E-state index in [1.165, 1.54) is 12.1 Å². The summed E-state index contributed by atoms with van der Waals surface area (Å²) in [5, 5.41) is 1.40. The molecule has 0 saturated carbocycles. The maximum atomic E-state index is 11.6. The SMILES string of the molecule is CC(=O)ON1C(=O)C=CC1=O.CC(=O)ON1C(=O)CCC1=O.CC(=O)ON1C(=O)c2ccccc2C1=O. The Bertz CT molecular complexity index is 1150. The number of hydrogen-bond donors (Lipinski definition) is 0. The van der Waals surface area contributed by atoms with Gasteiger partial charge in [0.1, 0.15) is 0 Å². The number of hydrogen-bond acceptors (Lipinski definition) is 12. The van der Waals surface area contributed by atoms with Gasteiger partial charge in [0.2, 0.25) is 0 Å². The Hall–Kier alpha value is -5.21. The van der Waals surface area contributed by atoms with Crippen molar-refractivity contribution in [2.75, 3.05) is 0 Å². The first-order chi connectivity index (χ1) is 17.3. The maximum Gasteiger partial charge on any atom is 0.330 e. The topological polar surface area (TPSA) is 191 Å². The predicted octanol–water partition coefficient (Wildman–Crippen LogP) is -0.236. The van der Waals surface area contributed by atoms with Gasteiger partial charge < -0.3 is 14.5 Å². The summed E-state index contributed by atoms with van der Waals surface area (Å²) in [5.41, 5.74) is 0.507. The summed E-state index contributed by atoms with van der Waals surface area (Å²) in [4.78, 5) is 110. The first-order valence-electron chi connectivity index (χ1n) is 10.3. The molecule has 15 heteroatoms. The van der Waals surface area contributed by atoms with E-state index in [1.54, 1.807) is 12.1 Å². The van der Waals surface area contributed by atoms with Crippen LogP contribution in [0.1, 0.15) is 54.3 Å². The van der Waals surface area contributed by atoms with Gasteiger partial charge in [-0.1, -0.05) is 22.3 Å². The van der Waals surface area contributed by atoms with Gasteiger partial charge in [-0.05, 0) is 12.1 Å². The molecule has 1 aromatic carbocycles. The van der Waals surface area contributed by atoms with Crippen LogP contribution in [0, 0.1) is 0 Å². The molecule has 1 saturated heterocycles. The quantitative estimate of drug-likeness (QED) is 0.479. The maximum absolute atomic E-state index is 11.6. The molecule has 6 amide bonds. The lowest BCUT2D eigenvalue weighted by Gasteiger charge is -2.10. The van der Waals surface area contributed by atoms with Gasteiger partial charge in [0.25, 0.3) is 35.4 Å². The molecule has 4 rings (SSSR count). The minimum atomic E-state index is -0.704. The molecule has 3 heterocycles. The Balaban J connectivity index is 0.000000199. The highest BCUT2D eigenvalue weighted by atomic mass is 16.7. The second kappa shape index (κ2) is 12.0. The summed E-state index contributed by atoms with van der Waals surface area (Å²) in [5.74, 6) is -5.45. The highest BCUT2D eigenvalue weighted by Crippen LogP contribution is 2.22. The Morgan fingerprint density at radius 2 is 0.946 bits per heavy atom. The van der Waals surface area contributed by atoms with Crippen molar-refractivity contribution >= 4 is 53.4 Å². The molecule has 3 aliphatic heterocycles. The number of imide groups is 3. The van der Waals surface area contributed by atoms with E-state index >= 15 is 0 Å². The summed E-state index contributed by atoms with van der Waals surface area (Å²) in [7, 11) is 0. The van der Waals surface area contributed by atoms with E-state index in [9.17, 15) is 43.2 Å². The van der Waals surface area contributed by atoms with Gasteiger partial charge in [-0.2, -0.15) is 0 Å². The Morgan fingerprint density at radius 3 is 1.32 bits per heavy atom. The lowest BCUT2D eigenvalue weighted by Crippen LogP contribution is -2.31. The fourth-order valence-corrected chi connectivity index (χ4v) is 2.77. The standard InChI is InChI=1S/C10H7NO4.C6H7NO4.C6H5NO4/c1-6(12)15-11-9(13)7-4-2-3-5-8(7)10(11)14;2*1-4(8)11-7-5(9)2-3-6(7)10/h2-5H,1H3;2-3H2,1H3;2-3H,1H3. The molecule has 0 N–H and O–H groups in total. The average molecular weight is 517 g/mol. The molecule has 3 aliphatic rings. The van der Waals surface area contributed by atoms with Gasteiger partial charge in [0, 0.05) is 45.8 Å². The number of rotatable bonds is 3. The van der Waals surface area contributed by atoms with Crippen LogP contribution in [-0.2, 0) is 48.1 Å². The predicted molar refractivity (Wildman–Crippen MR) is 114 cm³/mol. The van der Waals surface area contributed by atoms with Crippen molar-refractivity contribution in [2.24, 2.45) is 0 Å². The zero-order valence-electron chi connectivity index (χ0n) is 19.6. The lowest BCUT2D eigenvalue weighted by atomic mass is 10.1. The van der Waals surface area contributed by atoms with E-state index < -0.39 is 53.4 Å². The molecule has 0 aromatic heterocycles. The van der Waals surface area contributed by atoms with E-state index in [-0.39, 0.29) is 24.0 Å². The molecule has 0 bridgehead atoms. The van der Waals surface area contributed by atoms with Crippen LogP contribution >= 0.6 is 0 Å². The lowest BCUT2D eigenvalue weighted by molar-refractivity contribution is -0.195. The first kappa shape index (κ1) is 28.0. The molecule has 15 nitrogen and oxygen atoms in total. The normalized spacial score (nSPS) is 15.6. The number of carbonyl (C=O) groups is 9. The van der Waals surface area contributed by atoms with Crippen molar-refractivity contribution < 1.29 is 57.7 Å². The van der Waals surface area contributed by atoms with Crippen molar-refractivity contribution in [2.45, 2.75) is 33.6 Å². The van der Waals surface area contributed by atoms with Gasteiger partial charge in [-0.15, -0.1) is 5.06 Å². The third kappa shape index (κ3) is 7.14. The fraction of sp³-hybridized carbons (Fsp3) is 0.227. The molecular formula is C22H19N3O12.